The zero-order valence-corrected chi connectivity index (χ0v) is 25.7. The first-order valence-corrected chi connectivity index (χ1v) is 15.0. The topological polar surface area (TPSA) is 114 Å². The van der Waals surface area contributed by atoms with E-state index < -0.39 is 18.1 Å². The molecule has 0 radical (unpaired) electrons. The van der Waals surface area contributed by atoms with Crippen molar-refractivity contribution in [2.75, 3.05) is 13.2 Å². The van der Waals surface area contributed by atoms with Gasteiger partial charge in [-0.3, -0.25) is 0 Å². The van der Waals surface area contributed by atoms with E-state index in [4.69, 9.17) is 23.7 Å². The van der Waals surface area contributed by atoms with Gasteiger partial charge in [0, 0.05) is 6.08 Å². The van der Waals surface area contributed by atoms with Crippen molar-refractivity contribution in [2.24, 2.45) is 17.8 Å². The van der Waals surface area contributed by atoms with Crippen molar-refractivity contribution >= 4 is 24.1 Å². The predicted molar refractivity (Wildman–Crippen MR) is 167 cm³/mol. The average molecular weight is 615 g/mol. The summed E-state index contributed by atoms with van der Waals surface area (Å²) in [5.41, 5.74) is 2.63. The molecule has 0 bridgehead atoms. The average Bonchev–Trinajstić information content (AvgIpc) is 3.04. The van der Waals surface area contributed by atoms with E-state index in [-0.39, 0.29) is 36.8 Å². The molecular formula is C36H38O9. The number of hydrogen-bond donors (Lipinski definition) is 0. The van der Waals surface area contributed by atoms with Crippen LogP contribution in [0.15, 0.2) is 85.5 Å². The van der Waals surface area contributed by atoms with Crippen LogP contribution in [0.1, 0.15) is 60.7 Å². The van der Waals surface area contributed by atoms with Crippen LogP contribution in [0, 0.1) is 17.8 Å². The fraction of sp³-hybridized carbons (Fsp3) is 0.333. The predicted octanol–water partition coefficient (Wildman–Crippen LogP) is 7.44. The Morgan fingerprint density at radius 1 is 0.756 bits per heavy atom. The summed E-state index contributed by atoms with van der Waals surface area (Å²) in [5, 5.41) is 0. The van der Waals surface area contributed by atoms with Gasteiger partial charge in [-0.1, -0.05) is 58.0 Å². The minimum atomic E-state index is -0.974. The highest BCUT2D eigenvalue weighted by Gasteiger charge is 2.33. The largest absolute Gasteiger partial charge is 0.513 e. The summed E-state index contributed by atoms with van der Waals surface area (Å²) < 4.78 is 26.0. The molecule has 0 saturated heterocycles. The number of hydrogen-bond acceptors (Lipinski definition) is 9. The van der Waals surface area contributed by atoms with E-state index >= 15 is 0 Å². The van der Waals surface area contributed by atoms with E-state index in [1.54, 1.807) is 24.3 Å². The maximum absolute atomic E-state index is 12.9. The Balaban J connectivity index is 1.27. The first-order chi connectivity index (χ1) is 21.6. The lowest BCUT2D eigenvalue weighted by Gasteiger charge is -2.36. The molecule has 9 heteroatoms. The lowest BCUT2D eigenvalue weighted by molar-refractivity contribution is -0.138. The van der Waals surface area contributed by atoms with Gasteiger partial charge in [-0.25, -0.2) is 19.2 Å². The molecule has 4 rings (SSSR count). The summed E-state index contributed by atoms with van der Waals surface area (Å²) in [6.45, 7) is 9.55. The van der Waals surface area contributed by atoms with Crippen LogP contribution in [-0.2, 0) is 19.0 Å². The van der Waals surface area contributed by atoms with Crippen LogP contribution < -0.4 is 9.47 Å². The van der Waals surface area contributed by atoms with Crippen LogP contribution >= 0.6 is 0 Å². The van der Waals surface area contributed by atoms with Crippen LogP contribution in [0.25, 0.3) is 11.1 Å². The highest BCUT2D eigenvalue weighted by molar-refractivity contribution is 5.92. The quantitative estimate of drug-likeness (QED) is 0.0543. The van der Waals surface area contributed by atoms with Gasteiger partial charge in [0.05, 0.1) is 11.1 Å². The van der Waals surface area contributed by atoms with Gasteiger partial charge < -0.3 is 23.7 Å². The van der Waals surface area contributed by atoms with Gasteiger partial charge in [0.25, 0.3) is 0 Å². The van der Waals surface area contributed by atoms with Crippen molar-refractivity contribution in [1.29, 1.82) is 0 Å². The lowest BCUT2D eigenvalue weighted by Crippen LogP contribution is -2.35. The highest BCUT2D eigenvalue weighted by atomic mass is 16.7. The fourth-order valence-electron chi connectivity index (χ4n) is 5.25. The van der Waals surface area contributed by atoms with E-state index in [1.165, 1.54) is 30.7 Å². The SMILES string of the molecule is C=CC(=O)OCCOC(=O)Oc1ccc(OC(=O)c2ccc(-c3ccc(C(=O)OC4CC(C)CCC4C(C)C)cc3)cc2)cc1. The maximum Gasteiger partial charge on any atom is 0.513 e. The Bertz CT molecular complexity index is 1470. The van der Waals surface area contributed by atoms with E-state index in [0.717, 1.165) is 30.0 Å². The normalized spacial score (nSPS) is 17.6. The Kier molecular flexibility index (Phi) is 11.5. The number of ether oxygens (including phenoxy) is 5. The van der Waals surface area contributed by atoms with E-state index in [0.29, 0.717) is 28.9 Å². The lowest BCUT2D eigenvalue weighted by atomic mass is 9.75. The number of benzene rings is 3. The molecule has 1 aliphatic carbocycles. The number of rotatable bonds is 11. The molecule has 1 saturated carbocycles. The van der Waals surface area contributed by atoms with Gasteiger partial charge in [0.2, 0.25) is 0 Å². The molecule has 1 fully saturated rings. The van der Waals surface area contributed by atoms with Gasteiger partial charge in [-0.2, -0.15) is 0 Å². The molecular weight excluding hydrogens is 576 g/mol. The molecule has 236 valence electrons. The Morgan fingerprint density at radius 2 is 1.29 bits per heavy atom. The van der Waals surface area contributed by atoms with Gasteiger partial charge in [-0.05, 0) is 90.3 Å². The van der Waals surface area contributed by atoms with Crippen LogP contribution in [0.2, 0.25) is 0 Å². The summed E-state index contributed by atoms with van der Waals surface area (Å²) in [4.78, 5) is 48.3. The summed E-state index contributed by atoms with van der Waals surface area (Å²) >= 11 is 0. The third-order valence-corrected chi connectivity index (χ3v) is 7.74. The second kappa shape index (κ2) is 15.7. The molecule has 3 aromatic carbocycles. The molecule has 0 aliphatic heterocycles. The minimum Gasteiger partial charge on any atom is -0.459 e. The molecule has 3 unspecified atom stereocenters. The van der Waals surface area contributed by atoms with Gasteiger partial charge in [-0.15, -0.1) is 0 Å². The molecule has 0 heterocycles. The Labute approximate surface area is 263 Å². The summed E-state index contributed by atoms with van der Waals surface area (Å²) in [6.07, 6.45) is 3.12. The Morgan fingerprint density at radius 3 is 1.84 bits per heavy atom. The smallest absolute Gasteiger partial charge is 0.459 e. The van der Waals surface area contributed by atoms with E-state index in [1.807, 2.05) is 24.3 Å². The molecule has 0 N–H and O–H groups in total. The van der Waals surface area contributed by atoms with Crippen molar-refractivity contribution in [1.82, 2.24) is 0 Å². The first-order valence-electron chi connectivity index (χ1n) is 15.0. The minimum absolute atomic E-state index is 0.0587. The van der Waals surface area contributed by atoms with E-state index in [2.05, 4.69) is 27.4 Å². The van der Waals surface area contributed by atoms with Crippen molar-refractivity contribution in [3.63, 3.8) is 0 Å². The van der Waals surface area contributed by atoms with Crippen molar-refractivity contribution < 1.29 is 42.9 Å². The van der Waals surface area contributed by atoms with Gasteiger partial charge >= 0.3 is 24.1 Å². The number of esters is 3. The second-order valence-corrected chi connectivity index (χ2v) is 11.4. The number of carbonyl (C=O) groups is 4. The van der Waals surface area contributed by atoms with Crippen molar-refractivity contribution in [3.05, 3.63) is 96.6 Å². The summed E-state index contributed by atoms with van der Waals surface area (Å²) in [5.74, 6) is 0.349. The maximum atomic E-state index is 12.9. The molecule has 0 amide bonds. The van der Waals surface area contributed by atoms with Gasteiger partial charge in [0.15, 0.2) is 0 Å². The zero-order chi connectivity index (χ0) is 32.3. The van der Waals surface area contributed by atoms with Crippen LogP contribution in [0.4, 0.5) is 4.79 Å². The highest BCUT2D eigenvalue weighted by Crippen LogP contribution is 2.36. The third kappa shape index (κ3) is 9.53. The molecule has 9 nitrogen and oxygen atoms in total. The van der Waals surface area contributed by atoms with E-state index in [9.17, 15) is 19.2 Å². The molecule has 3 atom stereocenters. The molecule has 3 aromatic rings. The molecule has 45 heavy (non-hydrogen) atoms. The monoisotopic (exact) mass is 614 g/mol. The van der Waals surface area contributed by atoms with Crippen LogP contribution in [0.3, 0.4) is 0 Å². The molecule has 0 spiro atoms. The van der Waals surface area contributed by atoms with Crippen molar-refractivity contribution in [3.8, 4) is 22.6 Å². The summed E-state index contributed by atoms with van der Waals surface area (Å²) in [7, 11) is 0. The second-order valence-electron chi connectivity index (χ2n) is 11.4. The van der Waals surface area contributed by atoms with Crippen molar-refractivity contribution in [2.45, 2.75) is 46.1 Å². The number of carbonyl (C=O) groups excluding carboxylic acids is 4. The summed E-state index contributed by atoms with van der Waals surface area (Å²) in [6, 6.07) is 20.1. The zero-order valence-electron chi connectivity index (χ0n) is 25.7. The standard InChI is InChI=1S/C36H38O9/c1-5-33(37)41-20-21-42-36(40)44-30-17-15-29(16-18-30)43-34(38)27-11-7-25(8-12-27)26-9-13-28(14-10-26)35(39)45-32-22-24(4)6-19-31(32)23(2)3/h5,7-18,23-24,31-32H,1,6,19-22H2,2-4H3. The Hall–Kier alpha value is -4.92. The fourth-order valence-corrected chi connectivity index (χ4v) is 5.25. The van der Waals surface area contributed by atoms with Gasteiger partial charge in [0.1, 0.15) is 30.8 Å². The third-order valence-electron chi connectivity index (χ3n) is 7.74. The van der Waals surface area contributed by atoms with Crippen LogP contribution in [0.5, 0.6) is 11.5 Å². The molecule has 0 aromatic heterocycles. The van der Waals surface area contributed by atoms with Crippen LogP contribution in [-0.4, -0.2) is 43.4 Å². The first kappa shape index (κ1) is 33.0. The molecule has 1 aliphatic rings.